The smallest absolute Gasteiger partial charge is 0.258 e. The van der Waals surface area contributed by atoms with Gasteiger partial charge >= 0.3 is 0 Å². The Bertz CT molecular complexity index is 1160. The van der Waals surface area contributed by atoms with Crippen LogP contribution in [0.4, 0.5) is 10.1 Å². The minimum absolute atomic E-state index is 0.252. The molecule has 31 heavy (non-hydrogen) atoms. The number of anilines is 1. The first-order valence-corrected chi connectivity index (χ1v) is 9.89. The van der Waals surface area contributed by atoms with Gasteiger partial charge in [0.2, 0.25) is 0 Å². The van der Waals surface area contributed by atoms with E-state index in [2.05, 4.69) is 4.98 Å². The zero-order valence-electron chi connectivity index (χ0n) is 17.1. The van der Waals surface area contributed by atoms with E-state index in [-0.39, 0.29) is 18.0 Å². The number of aromatic nitrogens is 2. The summed E-state index contributed by atoms with van der Waals surface area (Å²) >= 11 is 0. The monoisotopic (exact) mass is 415 g/mol. The van der Waals surface area contributed by atoms with E-state index in [9.17, 15) is 9.18 Å². The Morgan fingerprint density at radius 3 is 2.52 bits per heavy atom. The first kappa shape index (κ1) is 20.3. The quantitative estimate of drug-likeness (QED) is 0.430. The minimum Gasteiger partial charge on any atom is -0.497 e. The van der Waals surface area contributed by atoms with Crippen LogP contribution < -0.4 is 9.64 Å². The number of methoxy groups -OCH3 is 1. The molecule has 1 aromatic heterocycles. The Balaban J connectivity index is 1.62. The van der Waals surface area contributed by atoms with Crippen LogP contribution in [0.25, 0.3) is 0 Å². The fourth-order valence-electron chi connectivity index (χ4n) is 3.37. The molecule has 5 nitrogen and oxygen atoms in total. The molecule has 6 heteroatoms. The number of hydrogen-bond donors (Lipinski definition) is 0. The fourth-order valence-corrected chi connectivity index (χ4v) is 3.37. The summed E-state index contributed by atoms with van der Waals surface area (Å²) in [6.07, 6.45) is 3.60. The maximum atomic E-state index is 13.7. The molecule has 0 aliphatic carbocycles. The second kappa shape index (κ2) is 9.26. The van der Waals surface area contributed by atoms with Gasteiger partial charge in [-0.15, -0.1) is 0 Å². The zero-order valence-corrected chi connectivity index (χ0v) is 17.1. The first-order valence-electron chi connectivity index (χ1n) is 9.89. The molecule has 0 aliphatic heterocycles. The SMILES string of the molecule is COc1ccc(Cn2ccnc2CN(C(=O)c2cccc(F)c2)c2ccccc2)cc1. The molecule has 0 saturated carbocycles. The number of imidazole rings is 1. The van der Waals surface area contributed by atoms with Crippen LogP contribution in [-0.2, 0) is 13.1 Å². The van der Waals surface area contributed by atoms with Crippen molar-refractivity contribution in [3.63, 3.8) is 0 Å². The van der Waals surface area contributed by atoms with Crippen molar-refractivity contribution in [1.82, 2.24) is 9.55 Å². The number of carbonyl (C=O) groups is 1. The molecular formula is C25H22FN3O2. The molecule has 4 rings (SSSR count). The van der Waals surface area contributed by atoms with E-state index < -0.39 is 5.82 Å². The summed E-state index contributed by atoms with van der Waals surface area (Å²) in [6.45, 7) is 0.860. The topological polar surface area (TPSA) is 47.4 Å². The van der Waals surface area contributed by atoms with E-state index in [1.165, 1.54) is 18.2 Å². The van der Waals surface area contributed by atoms with Gasteiger partial charge in [0.25, 0.3) is 5.91 Å². The summed E-state index contributed by atoms with van der Waals surface area (Å²) in [5.74, 6) is 0.791. The molecule has 0 N–H and O–H groups in total. The lowest BCUT2D eigenvalue weighted by molar-refractivity contribution is 0.0984. The first-order chi connectivity index (χ1) is 15.1. The maximum Gasteiger partial charge on any atom is 0.258 e. The lowest BCUT2D eigenvalue weighted by atomic mass is 10.1. The summed E-state index contributed by atoms with van der Waals surface area (Å²) in [6, 6.07) is 22.9. The third-order valence-corrected chi connectivity index (χ3v) is 5.00. The van der Waals surface area contributed by atoms with Crippen LogP contribution >= 0.6 is 0 Å². The molecule has 1 amide bonds. The van der Waals surface area contributed by atoms with Crippen LogP contribution in [0.1, 0.15) is 21.7 Å². The second-order valence-electron chi connectivity index (χ2n) is 7.06. The molecule has 3 aromatic carbocycles. The lowest BCUT2D eigenvalue weighted by Crippen LogP contribution is -2.31. The number of benzene rings is 3. The van der Waals surface area contributed by atoms with E-state index in [0.29, 0.717) is 6.54 Å². The minimum atomic E-state index is -0.445. The van der Waals surface area contributed by atoms with Gasteiger partial charge in [0, 0.05) is 30.2 Å². The predicted octanol–water partition coefficient (Wildman–Crippen LogP) is 4.93. The van der Waals surface area contributed by atoms with Crippen molar-refractivity contribution in [1.29, 1.82) is 0 Å². The van der Waals surface area contributed by atoms with Crippen molar-refractivity contribution >= 4 is 11.6 Å². The average molecular weight is 415 g/mol. The van der Waals surface area contributed by atoms with Gasteiger partial charge < -0.3 is 14.2 Å². The van der Waals surface area contributed by atoms with E-state index in [1.54, 1.807) is 24.3 Å². The fraction of sp³-hybridized carbons (Fsp3) is 0.120. The number of nitrogens with zero attached hydrogens (tertiary/aromatic N) is 3. The predicted molar refractivity (Wildman–Crippen MR) is 118 cm³/mol. The molecule has 0 unspecified atom stereocenters. The Labute approximate surface area is 180 Å². The van der Waals surface area contributed by atoms with Gasteiger partial charge in [-0.05, 0) is 48.0 Å². The van der Waals surface area contributed by atoms with Gasteiger partial charge in [-0.25, -0.2) is 9.37 Å². The number of halogens is 1. The average Bonchev–Trinajstić information content (AvgIpc) is 3.24. The number of para-hydroxylation sites is 1. The maximum absolute atomic E-state index is 13.7. The Morgan fingerprint density at radius 1 is 1.03 bits per heavy atom. The highest BCUT2D eigenvalue weighted by Gasteiger charge is 2.20. The molecule has 0 fully saturated rings. The van der Waals surface area contributed by atoms with E-state index in [1.807, 2.05) is 65.4 Å². The largest absolute Gasteiger partial charge is 0.497 e. The number of amides is 1. The van der Waals surface area contributed by atoms with Gasteiger partial charge in [-0.2, -0.15) is 0 Å². The summed E-state index contributed by atoms with van der Waals surface area (Å²) in [7, 11) is 1.64. The summed E-state index contributed by atoms with van der Waals surface area (Å²) < 4.78 is 20.9. The molecule has 0 spiro atoms. The molecule has 0 radical (unpaired) electrons. The normalized spacial score (nSPS) is 10.6. The lowest BCUT2D eigenvalue weighted by Gasteiger charge is -2.23. The third kappa shape index (κ3) is 4.80. The highest BCUT2D eigenvalue weighted by Crippen LogP contribution is 2.21. The van der Waals surface area contributed by atoms with Crippen LogP contribution in [0.2, 0.25) is 0 Å². The van der Waals surface area contributed by atoms with Crippen LogP contribution in [0.15, 0.2) is 91.3 Å². The van der Waals surface area contributed by atoms with Gasteiger partial charge in [0.05, 0.1) is 13.7 Å². The standard InChI is InChI=1S/C25H22FN3O2/c1-31-23-12-10-19(11-13-23)17-28-15-14-27-24(28)18-29(22-8-3-2-4-9-22)25(30)20-6-5-7-21(26)16-20/h2-16H,17-18H2,1H3. The van der Waals surface area contributed by atoms with Crippen LogP contribution in [0, 0.1) is 5.82 Å². The Morgan fingerprint density at radius 2 is 1.81 bits per heavy atom. The van der Waals surface area contributed by atoms with Crippen LogP contribution in [-0.4, -0.2) is 22.6 Å². The number of hydrogen-bond acceptors (Lipinski definition) is 3. The molecule has 0 aliphatic rings. The highest BCUT2D eigenvalue weighted by molar-refractivity contribution is 6.05. The molecule has 4 aromatic rings. The molecule has 0 saturated heterocycles. The summed E-state index contributed by atoms with van der Waals surface area (Å²) in [5.41, 5.74) is 2.09. The molecule has 1 heterocycles. The van der Waals surface area contributed by atoms with Crippen molar-refractivity contribution < 1.29 is 13.9 Å². The van der Waals surface area contributed by atoms with Crippen molar-refractivity contribution in [3.05, 3.63) is 114 Å². The summed E-state index contributed by atoms with van der Waals surface area (Å²) in [5, 5.41) is 0. The molecule has 0 bridgehead atoms. The molecule has 156 valence electrons. The van der Waals surface area contributed by atoms with Gasteiger partial charge in [-0.1, -0.05) is 36.4 Å². The van der Waals surface area contributed by atoms with E-state index in [0.717, 1.165) is 22.8 Å². The highest BCUT2D eigenvalue weighted by atomic mass is 19.1. The van der Waals surface area contributed by atoms with Gasteiger partial charge in [0.15, 0.2) is 0 Å². The van der Waals surface area contributed by atoms with Crippen LogP contribution in [0.3, 0.4) is 0 Å². The Kier molecular flexibility index (Phi) is 6.08. The van der Waals surface area contributed by atoms with Crippen molar-refractivity contribution in [2.24, 2.45) is 0 Å². The van der Waals surface area contributed by atoms with Crippen molar-refractivity contribution in [3.8, 4) is 5.75 Å². The molecular weight excluding hydrogens is 393 g/mol. The van der Waals surface area contributed by atoms with E-state index >= 15 is 0 Å². The number of ether oxygens (including phenoxy) is 1. The van der Waals surface area contributed by atoms with Gasteiger partial charge in [0.1, 0.15) is 17.4 Å². The molecule has 0 atom stereocenters. The second-order valence-corrected chi connectivity index (χ2v) is 7.06. The number of rotatable bonds is 7. The third-order valence-electron chi connectivity index (χ3n) is 5.00. The van der Waals surface area contributed by atoms with Gasteiger partial charge in [-0.3, -0.25) is 4.79 Å². The number of carbonyl (C=O) groups excluding carboxylic acids is 1. The Hall–Kier alpha value is -3.93. The van der Waals surface area contributed by atoms with Crippen LogP contribution in [0.5, 0.6) is 5.75 Å². The van der Waals surface area contributed by atoms with E-state index in [4.69, 9.17) is 4.74 Å². The zero-order chi connectivity index (χ0) is 21.6. The van der Waals surface area contributed by atoms with Crippen molar-refractivity contribution in [2.45, 2.75) is 13.1 Å². The summed E-state index contributed by atoms with van der Waals surface area (Å²) in [4.78, 5) is 19.4. The van der Waals surface area contributed by atoms with Crippen molar-refractivity contribution in [2.75, 3.05) is 12.0 Å².